The van der Waals surface area contributed by atoms with Crippen molar-refractivity contribution in [1.82, 2.24) is 15.1 Å². The number of rotatable bonds is 2. The third kappa shape index (κ3) is 2.27. The molecule has 3 heterocycles. The van der Waals surface area contributed by atoms with Crippen LogP contribution in [0.15, 0.2) is 30.3 Å². The molecule has 2 aliphatic heterocycles. The van der Waals surface area contributed by atoms with E-state index in [-0.39, 0.29) is 11.8 Å². The standard InChI is InChI=1S/C16H18N4OS/c1-19-8-7-12-9-20(10-13(12)15(19)21)16-18-17-14(22-16)11-5-3-2-4-6-11/h2-6,12-13H,7-10H2,1H3/t12-,13+/m1/s1. The minimum Gasteiger partial charge on any atom is -0.346 e. The van der Waals surface area contributed by atoms with Gasteiger partial charge >= 0.3 is 0 Å². The molecule has 2 saturated heterocycles. The van der Waals surface area contributed by atoms with Gasteiger partial charge in [0.05, 0.1) is 5.92 Å². The van der Waals surface area contributed by atoms with Crippen LogP contribution in [0.2, 0.25) is 0 Å². The maximum Gasteiger partial charge on any atom is 0.227 e. The van der Waals surface area contributed by atoms with Crippen molar-refractivity contribution in [3.8, 4) is 10.6 Å². The zero-order chi connectivity index (χ0) is 15.1. The van der Waals surface area contributed by atoms with Crippen molar-refractivity contribution < 1.29 is 4.79 Å². The normalized spacial score (nSPS) is 24.7. The van der Waals surface area contributed by atoms with Gasteiger partial charge in [-0.05, 0) is 12.3 Å². The first-order valence-electron chi connectivity index (χ1n) is 7.61. The van der Waals surface area contributed by atoms with Crippen LogP contribution in [0.25, 0.3) is 10.6 Å². The number of benzene rings is 1. The van der Waals surface area contributed by atoms with Crippen LogP contribution in [-0.2, 0) is 4.79 Å². The maximum absolute atomic E-state index is 12.3. The quantitative estimate of drug-likeness (QED) is 0.852. The van der Waals surface area contributed by atoms with Gasteiger partial charge in [0.25, 0.3) is 0 Å². The van der Waals surface area contributed by atoms with Crippen LogP contribution in [0, 0.1) is 11.8 Å². The second-order valence-corrected chi connectivity index (χ2v) is 7.03. The highest BCUT2D eigenvalue weighted by Gasteiger charge is 2.42. The summed E-state index contributed by atoms with van der Waals surface area (Å²) in [5.41, 5.74) is 1.10. The number of fused-ring (bicyclic) bond motifs is 1. The van der Waals surface area contributed by atoms with Crippen LogP contribution in [0.4, 0.5) is 5.13 Å². The van der Waals surface area contributed by atoms with Gasteiger partial charge in [0.15, 0.2) is 0 Å². The van der Waals surface area contributed by atoms with Crippen molar-refractivity contribution in [1.29, 1.82) is 0 Å². The van der Waals surface area contributed by atoms with Gasteiger partial charge in [-0.2, -0.15) is 0 Å². The van der Waals surface area contributed by atoms with Crippen molar-refractivity contribution in [2.75, 3.05) is 31.6 Å². The lowest BCUT2D eigenvalue weighted by Crippen LogP contribution is -2.42. The van der Waals surface area contributed by atoms with Gasteiger partial charge in [-0.1, -0.05) is 41.7 Å². The van der Waals surface area contributed by atoms with Crippen molar-refractivity contribution in [2.24, 2.45) is 11.8 Å². The fourth-order valence-electron chi connectivity index (χ4n) is 3.39. The Morgan fingerprint density at radius 2 is 2.00 bits per heavy atom. The molecule has 5 nitrogen and oxygen atoms in total. The highest BCUT2D eigenvalue weighted by Crippen LogP contribution is 2.37. The Morgan fingerprint density at radius 1 is 1.18 bits per heavy atom. The Labute approximate surface area is 133 Å². The van der Waals surface area contributed by atoms with Crippen LogP contribution in [-0.4, -0.2) is 47.7 Å². The van der Waals surface area contributed by atoms with Crippen LogP contribution in [0.3, 0.4) is 0 Å². The van der Waals surface area contributed by atoms with Gasteiger partial charge in [-0.3, -0.25) is 4.79 Å². The van der Waals surface area contributed by atoms with Crippen LogP contribution in [0.1, 0.15) is 6.42 Å². The van der Waals surface area contributed by atoms with E-state index < -0.39 is 0 Å². The fraction of sp³-hybridized carbons (Fsp3) is 0.438. The summed E-state index contributed by atoms with van der Waals surface area (Å²) >= 11 is 1.61. The molecule has 0 N–H and O–H groups in total. The number of aromatic nitrogens is 2. The lowest BCUT2D eigenvalue weighted by molar-refractivity contribution is -0.137. The van der Waals surface area contributed by atoms with Gasteiger partial charge in [0.2, 0.25) is 11.0 Å². The van der Waals surface area contributed by atoms with E-state index in [0.29, 0.717) is 5.92 Å². The summed E-state index contributed by atoms with van der Waals surface area (Å²) in [6.45, 7) is 2.57. The SMILES string of the molecule is CN1CC[C@@H]2CN(c3nnc(-c4ccccc4)s3)C[C@@H]2C1=O. The smallest absolute Gasteiger partial charge is 0.227 e. The molecule has 0 saturated carbocycles. The van der Waals surface area contributed by atoms with E-state index >= 15 is 0 Å². The summed E-state index contributed by atoms with van der Waals surface area (Å²) in [6, 6.07) is 10.1. The van der Waals surface area contributed by atoms with Crippen LogP contribution in [0.5, 0.6) is 0 Å². The summed E-state index contributed by atoms with van der Waals surface area (Å²) in [5.74, 6) is 0.877. The van der Waals surface area contributed by atoms with E-state index in [1.807, 2.05) is 42.3 Å². The lowest BCUT2D eigenvalue weighted by atomic mass is 9.88. The minimum absolute atomic E-state index is 0.128. The second-order valence-electron chi connectivity index (χ2n) is 6.08. The molecule has 114 valence electrons. The van der Waals surface area contributed by atoms with Crippen molar-refractivity contribution in [3.63, 3.8) is 0 Å². The van der Waals surface area contributed by atoms with Crippen molar-refractivity contribution in [2.45, 2.75) is 6.42 Å². The summed E-state index contributed by atoms with van der Waals surface area (Å²) in [5, 5.41) is 10.5. The number of piperidine rings is 1. The molecule has 1 aromatic carbocycles. The largest absolute Gasteiger partial charge is 0.346 e. The molecule has 22 heavy (non-hydrogen) atoms. The molecule has 2 aromatic rings. The number of amides is 1. The Balaban J connectivity index is 1.55. The average molecular weight is 314 g/mol. The van der Waals surface area contributed by atoms with E-state index in [2.05, 4.69) is 15.1 Å². The third-order valence-corrected chi connectivity index (χ3v) is 5.71. The highest BCUT2D eigenvalue weighted by atomic mass is 32.1. The molecule has 0 unspecified atom stereocenters. The Bertz CT molecular complexity index is 686. The first-order chi connectivity index (χ1) is 10.7. The van der Waals surface area contributed by atoms with Gasteiger partial charge in [-0.25, -0.2) is 0 Å². The minimum atomic E-state index is 0.128. The van der Waals surface area contributed by atoms with E-state index in [9.17, 15) is 4.79 Å². The summed E-state index contributed by atoms with van der Waals surface area (Å²) in [6.07, 6.45) is 1.09. The van der Waals surface area contributed by atoms with Crippen molar-refractivity contribution in [3.05, 3.63) is 30.3 Å². The van der Waals surface area contributed by atoms with Crippen LogP contribution < -0.4 is 4.90 Å². The Morgan fingerprint density at radius 3 is 2.82 bits per heavy atom. The van der Waals surface area contributed by atoms with E-state index in [0.717, 1.165) is 41.8 Å². The van der Waals surface area contributed by atoms with Crippen LogP contribution >= 0.6 is 11.3 Å². The van der Waals surface area contributed by atoms with E-state index in [4.69, 9.17) is 0 Å². The first kappa shape index (κ1) is 13.7. The molecular weight excluding hydrogens is 296 g/mol. The number of hydrogen-bond acceptors (Lipinski definition) is 5. The number of likely N-dealkylation sites (tertiary alicyclic amines) is 1. The molecule has 4 rings (SSSR count). The van der Waals surface area contributed by atoms with Gasteiger partial charge in [-0.15, -0.1) is 10.2 Å². The monoisotopic (exact) mass is 314 g/mol. The molecule has 0 radical (unpaired) electrons. The predicted molar refractivity (Wildman–Crippen MR) is 86.8 cm³/mol. The third-order valence-electron chi connectivity index (χ3n) is 4.68. The molecular formula is C16H18N4OS. The average Bonchev–Trinajstić information content (AvgIpc) is 3.19. The molecule has 0 bridgehead atoms. The van der Waals surface area contributed by atoms with Crippen molar-refractivity contribution >= 4 is 22.4 Å². The Kier molecular flexibility index (Phi) is 3.33. The summed E-state index contributed by atoms with van der Waals surface area (Å²) in [7, 11) is 1.90. The zero-order valence-corrected chi connectivity index (χ0v) is 13.3. The number of nitrogens with zero attached hydrogens (tertiary/aromatic N) is 4. The van der Waals surface area contributed by atoms with E-state index in [1.54, 1.807) is 11.3 Å². The zero-order valence-electron chi connectivity index (χ0n) is 12.5. The summed E-state index contributed by atoms with van der Waals surface area (Å²) < 4.78 is 0. The highest BCUT2D eigenvalue weighted by molar-refractivity contribution is 7.18. The molecule has 6 heteroatoms. The second kappa shape index (κ2) is 5.35. The number of anilines is 1. The molecule has 1 amide bonds. The molecule has 2 atom stereocenters. The first-order valence-corrected chi connectivity index (χ1v) is 8.43. The molecule has 0 spiro atoms. The van der Waals surface area contributed by atoms with Gasteiger partial charge in [0.1, 0.15) is 5.01 Å². The lowest BCUT2D eigenvalue weighted by Gasteiger charge is -2.30. The number of carbonyl (C=O) groups is 1. The summed E-state index contributed by atoms with van der Waals surface area (Å²) in [4.78, 5) is 16.4. The molecule has 0 aliphatic carbocycles. The molecule has 1 aromatic heterocycles. The molecule has 2 aliphatic rings. The predicted octanol–water partition coefficient (Wildman–Crippen LogP) is 2.12. The van der Waals surface area contributed by atoms with Gasteiger partial charge < -0.3 is 9.80 Å². The van der Waals surface area contributed by atoms with E-state index in [1.165, 1.54) is 0 Å². The maximum atomic E-state index is 12.3. The van der Waals surface area contributed by atoms with Gasteiger partial charge in [0, 0.05) is 32.2 Å². The topological polar surface area (TPSA) is 49.3 Å². The number of hydrogen-bond donors (Lipinski definition) is 0. The Hall–Kier alpha value is -1.95. The fourth-order valence-corrected chi connectivity index (χ4v) is 4.26. The number of carbonyl (C=O) groups excluding carboxylic acids is 1. The molecule has 2 fully saturated rings.